The van der Waals surface area contributed by atoms with Crippen LogP contribution < -0.4 is 0 Å². The maximum Gasteiger partial charge on any atom is 0.340 e. The molecular weight excluding hydrogens is 368 g/mol. The predicted molar refractivity (Wildman–Crippen MR) is 97.5 cm³/mol. The first-order valence-electron chi connectivity index (χ1n) is 7.98. The molecule has 1 aromatic rings. The molecule has 1 aliphatic rings. The van der Waals surface area contributed by atoms with Gasteiger partial charge in [-0.3, -0.25) is 9.80 Å². The first-order valence-corrected chi connectivity index (χ1v) is 9.18. The Kier molecular flexibility index (Phi) is 6.79. The molecule has 1 fully saturated rings. The van der Waals surface area contributed by atoms with E-state index in [1.165, 1.54) is 18.4 Å². The number of piperidine rings is 1. The molecule has 0 unspecified atom stereocenters. The van der Waals surface area contributed by atoms with Crippen LogP contribution in [0.5, 0.6) is 0 Å². The van der Waals surface area contributed by atoms with Crippen molar-refractivity contribution < 1.29 is 13.6 Å². The number of thiophene rings is 1. The molecule has 0 aromatic carbocycles. The lowest BCUT2D eigenvalue weighted by molar-refractivity contribution is 0.0575. The molecule has 8 heteroatoms. The Labute approximate surface area is 155 Å². The molecular formula is C17H20ClF2N3OS. The van der Waals surface area contributed by atoms with Crippen molar-refractivity contribution >= 4 is 34.6 Å². The van der Waals surface area contributed by atoms with Gasteiger partial charge < -0.3 is 4.90 Å². The second kappa shape index (κ2) is 8.63. The van der Waals surface area contributed by atoms with Crippen LogP contribution in [0.4, 0.5) is 8.78 Å². The second-order valence-electron chi connectivity index (χ2n) is 5.88. The molecule has 0 radical (unpaired) electrons. The van der Waals surface area contributed by atoms with Gasteiger partial charge in [-0.25, -0.2) is 0 Å². The molecule has 1 aromatic heterocycles. The van der Waals surface area contributed by atoms with Crippen molar-refractivity contribution in [3.63, 3.8) is 0 Å². The Morgan fingerprint density at radius 2 is 2.04 bits per heavy atom. The van der Waals surface area contributed by atoms with E-state index in [1.54, 1.807) is 12.1 Å². The molecule has 0 aliphatic carbocycles. The fourth-order valence-corrected chi connectivity index (χ4v) is 3.76. The molecule has 25 heavy (non-hydrogen) atoms. The van der Waals surface area contributed by atoms with E-state index in [9.17, 15) is 13.6 Å². The van der Waals surface area contributed by atoms with Crippen LogP contribution in [0.25, 0.3) is 0 Å². The highest BCUT2D eigenvalue weighted by molar-refractivity contribution is 7.16. The van der Waals surface area contributed by atoms with Gasteiger partial charge in [0.15, 0.2) is 0 Å². The minimum Gasteiger partial charge on any atom is -0.338 e. The highest BCUT2D eigenvalue weighted by Crippen LogP contribution is 2.23. The minimum atomic E-state index is -3.37. The summed E-state index contributed by atoms with van der Waals surface area (Å²) in [5.74, 6) is 2.47. The van der Waals surface area contributed by atoms with Crippen molar-refractivity contribution in [1.82, 2.24) is 9.91 Å². The first kappa shape index (κ1) is 19.7. The lowest BCUT2D eigenvalue weighted by Gasteiger charge is -2.26. The fraction of sp³-hybridized carbons (Fsp3) is 0.529. The van der Waals surface area contributed by atoms with E-state index in [4.69, 9.17) is 18.0 Å². The third-order valence-corrected chi connectivity index (χ3v) is 4.96. The Balaban J connectivity index is 2.15. The number of hydrogen-bond donors (Lipinski definition) is 0. The standard InChI is InChI=1S/C17H20ClF2N3OS/c1-3-7-13(21-22(2)12-17(18,19)20)14-8-9-15(25-14)16(24)23-10-5-4-6-11-23/h1,8-9H,4-7,10-12H2,2H3/b21-13+. The van der Waals surface area contributed by atoms with Crippen molar-refractivity contribution in [2.45, 2.75) is 31.1 Å². The minimum absolute atomic E-state index is 0.00310. The van der Waals surface area contributed by atoms with E-state index in [1.807, 2.05) is 4.90 Å². The number of hydrazone groups is 1. The number of carbonyl (C=O) groups is 1. The van der Waals surface area contributed by atoms with Gasteiger partial charge in [-0.15, -0.1) is 23.7 Å². The largest absolute Gasteiger partial charge is 0.340 e. The molecule has 2 heterocycles. The molecule has 1 amide bonds. The third kappa shape index (κ3) is 5.98. The molecule has 1 aliphatic heterocycles. The Morgan fingerprint density at radius 3 is 2.64 bits per heavy atom. The van der Waals surface area contributed by atoms with E-state index < -0.39 is 11.9 Å². The summed E-state index contributed by atoms with van der Waals surface area (Å²) in [6.07, 6.45) is 8.72. The quantitative estimate of drug-likeness (QED) is 0.321. The summed E-state index contributed by atoms with van der Waals surface area (Å²) in [5, 5.41) is 1.83. The summed E-state index contributed by atoms with van der Waals surface area (Å²) >= 11 is 6.21. The second-order valence-corrected chi connectivity index (χ2v) is 7.51. The van der Waals surface area contributed by atoms with Crippen LogP contribution in [0.3, 0.4) is 0 Å². The van der Waals surface area contributed by atoms with Crippen LogP contribution in [0.1, 0.15) is 40.2 Å². The van der Waals surface area contributed by atoms with Crippen LogP contribution in [0.2, 0.25) is 0 Å². The van der Waals surface area contributed by atoms with E-state index in [-0.39, 0.29) is 12.3 Å². The summed E-state index contributed by atoms with van der Waals surface area (Å²) < 4.78 is 25.8. The number of alkyl halides is 3. The monoisotopic (exact) mass is 387 g/mol. The zero-order valence-corrected chi connectivity index (χ0v) is 15.5. The SMILES string of the molecule is C#CC/C(=N\N(C)CC(F)(F)Cl)c1ccc(C(=O)N2CCCCC2)s1. The average Bonchev–Trinajstić information content (AvgIpc) is 3.02. The summed E-state index contributed by atoms with van der Waals surface area (Å²) in [7, 11) is 1.40. The third-order valence-electron chi connectivity index (χ3n) is 3.71. The first-order chi connectivity index (χ1) is 11.8. The molecule has 4 nitrogen and oxygen atoms in total. The number of amides is 1. The zero-order valence-electron chi connectivity index (χ0n) is 14.0. The lowest BCUT2D eigenvalue weighted by atomic mass is 10.1. The van der Waals surface area contributed by atoms with Gasteiger partial charge >= 0.3 is 5.38 Å². The smallest absolute Gasteiger partial charge is 0.338 e. The van der Waals surface area contributed by atoms with Gasteiger partial charge in [0, 0.05) is 20.1 Å². The Bertz CT molecular complexity index is 672. The van der Waals surface area contributed by atoms with Crippen LogP contribution >= 0.6 is 22.9 Å². The van der Waals surface area contributed by atoms with Gasteiger partial charge in [-0.2, -0.15) is 13.9 Å². The molecule has 0 atom stereocenters. The van der Waals surface area contributed by atoms with E-state index >= 15 is 0 Å². The highest BCUT2D eigenvalue weighted by atomic mass is 35.5. The summed E-state index contributed by atoms with van der Waals surface area (Å²) in [5.41, 5.74) is 0.466. The van der Waals surface area contributed by atoms with Crippen LogP contribution in [0, 0.1) is 12.3 Å². The maximum absolute atomic E-state index is 12.9. The number of halogens is 3. The fourth-order valence-electron chi connectivity index (χ4n) is 2.63. The van der Waals surface area contributed by atoms with Crippen molar-refractivity contribution in [2.75, 3.05) is 26.7 Å². The van der Waals surface area contributed by atoms with Crippen molar-refractivity contribution in [2.24, 2.45) is 5.10 Å². The van der Waals surface area contributed by atoms with Gasteiger partial charge in [0.25, 0.3) is 5.91 Å². The van der Waals surface area contributed by atoms with E-state index in [0.717, 1.165) is 37.4 Å². The van der Waals surface area contributed by atoms with Crippen molar-refractivity contribution in [3.8, 4) is 12.3 Å². The number of hydrogen-bond acceptors (Lipinski definition) is 4. The van der Waals surface area contributed by atoms with Gasteiger partial charge in [0.05, 0.1) is 21.9 Å². The van der Waals surface area contributed by atoms with Crippen LogP contribution in [-0.4, -0.2) is 53.6 Å². The van der Waals surface area contributed by atoms with Gasteiger partial charge in [-0.05, 0) is 43.0 Å². The van der Waals surface area contributed by atoms with Crippen molar-refractivity contribution in [1.29, 1.82) is 0 Å². The number of nitrogens with zero attached hydrogens (tertiary/aromatic N) is 3. The number of likely N-dealkylation sites (tertiary alicyclic amines) is 1. The average molecular weight is 388 g/mol. The van der Waals surface area contributed by atoms with Crippen molar-refractivity contribution in [3.05, 3.63) is 21.9 Å². The zero-order chi connectivity index (χ0) is 18.4. The predicted octanol–water partition coefficient (Wildman–Crippen LogP) is 3.87. The van der Waals surface area contributed by atoms with Gasteiger partial charge in [0.1, 0.15) is 6.54 Å². The molecule has 1 saturated heterocycles. The summed E-state index contributed by atoms with van der Waals surface area (Å²) in [6, 6.07) is 3.49. The molecule has 0 saturated carbocycles. The van der Waals surface area contributed by atoms with E-state index in [2.05, 4.69) is 11.0 Å². The topological polar surface area (TPSA) is 35.9 Å². The summed E-state index contributed by atoms with van der Waals surface area (Å²) in [6.45, 7) is 0.809. The lowest BCUT2D eigenvalue weighted by Crippen LogP contribution is -2.35. The summed E-state index contributed by atoms with van der Waals surface area (Å²) in [4.78, 5) is 15.7. The number of terminal acetylenes is 1. The maximum atomic E-state index is 12.9. The molecule has 0 spiro atoms. The highest BCUT2D eigenvalue weighted by Gasteiger charge is 2.27. The molecule has 0 N–H and O–H groups in total. The van der Waals surface area contributed by atoms with Crippen LogP contribution in [-0.2, 0) is 0 Å². The molecule has 0 bridgehead atoms. The Morgan fingerprint density at radius 1 is 1.40 bits per heavy atom. The normalized spacial score (nSPS) is 15.8. The van der Waals surface area contributed by atoms with E-state index in [0.29, 0.717) is 15.5 Å². The molecule has 136 valence electrons. The van der Waals surface area contributed by atoms with Gasteiger partial charge in [-0.1, -0.05) is 0 Å². The molecule has 2 rings (SSSR count). The number of rotatable bonds is 6. The van der Waals surface area contributed by atoms with Crippen LogP contribution in [0.15, 0.2) is 17.2 Å². The van der Waals surface area contributed by atoms with Gasteiger partial charge in [0.2, 0.25) is 0 Å². The number of carbonyl (C=O) groups excluding carboxylic acids is 1. The Hall–Kier alpha value is -1.65.